The second-order valence-corrected chi connectivity index (χ2v) is 8.69. The second-order valence-electron chi connectivity index (χ2n) is 7.78. The number of carbonyl (C=O) groups is 1. The molecule has 0 spiro atoms. The number of rotatable bonds is 10. The van der Waals surface area contributed by atoms with Crippen LogP contribution >= 0.6 is 15.9 Å². The van der Waals surface area contributed by atoms with E-state index in [1.807, 2.05) is 0 Å². The third-order valence-corrected chi connectivity index (χ3v) is 5.27. The number of hydrogen-bond donors (Lipinski definition) is 1. The Labute approximate surface area is 198 Å². The van der Waals surface area contributed by atoms with Gasteiger partial charge in [-0.3, -0.25) is 10.1 Å². The van der Waals surface area contributed by atoms with Crippen molar-refractivity contribution in [3.05, 3.63) is 52.3 Å². The molecule has 0 fully saturated rings. The molecule has 182 valence electrons. The van der Waals surface area contributed by atoms with Gasteiger partial charge in [-0.05, 0) is 42.2 Å². The van der Waals surface area contributed by atoms with Crippen LogP contribution in [0.2, 0.25) is 0 Å². The average Bonchev–Trinajstić information content (AvgIpc) is 2.74. The van der Waals surface area contributed by atoms with Crippen LogP contribution in [0.3, 0.4) is 0 Å². The van der Waals surface area contributed by atoms with Gasteiger partial charge in [0.25, 0.3) is 0 Å². The number of nitrogens with one attached hydrogen (secondary N) is 1. The Bertz CT molecular complexity index is 953. The van der Waals surface area contributed by atoms with E-state index in [1.54, 1.807) is 32.0 Å². The Balaban J connectivity index is 2.46. The minimum absolute atomic E-state index is 0.0544. The van der Waals surface area contributed by atoms with Gasteiger partial charge in [0.1, 0.15) is 23.7 Å². The summed E-state index contributed by atoms with van der Waals surface area (Å²) in [6, 6.07) is 4.64. The van der Waals surface area contributed by atoms with Gasteiger partial charge in [-0.1, -0.05) is 41.9 Å². The van der Waals surface area contributed by atoms with Crippen molar-refractivity contribution in [1.29, 1.82) is 0 Å². The zero-order valence-corrected chi connectivity index (χ0v) is 20.2. The molecule has 5 nitrogen and oxygen atoms in total. The fraction of sp³-hybridized carbons (Fsp3) is 0.435. The van der Waals surface area contributed by atoms with Crippen molar-refractivity contribution >= 4 is 21.9 Å². The van der Waals surface area contributed by atoms with Gasteiger partial charge in [0.15, 0.2) is 6.79 Å². The van der Waals surface area contributed by atoms with Crippen LogP contribution in [0.25, 0.3) is 11.1 Å². The molecule has 33 heavy (non-hydrogen) atoms. The van der Waals surface area contributed by atoms with E-state index in [2.05, 4.69) is 26.0 Å². The number of benzene rings is 2. The second kappa shape index (κ2) is 11.8. The summed E-state index contributed by atoms with van der Waals surface area (Å²) in [7, 11) is 2.54. The van der Waals surface area contributed by atoms with Gasteiger partial charge in [0.05, 0.1) is 7.11 Å². The third-order valence-electron chi connectivity index (χ3n) is 4.78. The Hall–Kier alpha value is -2.17. The summed E-state index contributed by atoms with van der Waals surface area (Å²) in [6.45, 7) is 3.46. The smallest absolute Gasteiger partial charge is 0.407 e. The Kier molecular flexibility index (Phi) is 9.69. The Morgan fingerprint density at radius 2 is 1.79 bits per heavy atom. The average molecular weight is 536 g/mol. The van der Waals surface area contributed by atoms with Crippen LogP contribution in [0, 0.1) is 11.7 Å². The molecule has 0 amide bonds. The molecule has 10 heteroatoms. The number of alkyl halides is 3. The van der Waals surface area contributed by atoms with Crippen LogP contribution in [0.1, 0.15) is 31.9 Å². The molecule has 2 atom stereocenters. The topological polar surface area (TPSA) is 56.8 Å². The van der Waals surface area contributed by atoms with Gasteiger partial charge in [-0.25, -0.2) is 4.39 Å². The van der Waals surface area contributed by atoms with E-state index in [4.69, 9.17) is 9.47 Å². The van der Waals surface area contributed by atoms with E-state index in [1.165, 1.54) is 19.2 Å². The normalized spacial score (nSPS) is 13.6. The molecule has 0 heterocycles. The zero-order chi connectivity index (χ0) is 24.8. The number of methoxy groups -OCH3 is 2. The molecule has 2 aromatic rings. The van der Waals surface area contributed by atoms with Gasteiger partial charge in [-0.2, -0.15) is 13.2 Å². The van der Waals surface area contributed by atoms with Crippen LogP contribution < -0.4 is 10.1 Å². The predicted octanol–water partition coefficient (Wildman–Crippen LogP) is 6.02. The lowest BCUT2D eigenvalue weighted by molar-refractivity contribution is -0.164. The van der Waals surface area contributed by atoms with Crippen LogP contribution in [-0.4, -0.2) is 39.2 Å². The van der Waals surface area contributed by atoms with E-state index in [0.29, 0.717) is 15.8 Å². The number of halogens is 5. The highest BCUT2D eigenvalue weighted by Gasteiger charge is 2.43. The summed E-state index contributed by atoms with van der Waals surface area (Å²) in [5, 5.41) is 2.31. The molecule has 1 unspecified atom stereocenters. The van der Waals surface area contributed by atoms with Crippen molar-refractivity contribution in [1.82, 2.24) is 5.32 Å². The summed E-state index contributed by atoms with van der Waals surface area (Å²) >= 11 is 3.31. The first-order chi connectivity index (χ1) is 15.5. The molecule has 0 bridgehead atoms. The monoisotopic (exact) mass is 535 g/mol. The van der Waals surface area contributed by atoms with Gasteiger partial charge in [0, 0.05) is 22.7 Å². The summed E-state index contributed by atoms with van der Waals surface area (Å²) < 4.78 is 72.4. The summed E-state index contributed by atoms with van der Waals surface area (Å²) in [4.78, 5) is 12.0. The molecule has 0 aromatic heterocycles. The minimum Gasteiger partial charge on any atom is -0.468 e. The first kappa shape index (κ1) is 27.1. The quantitative estimate of drug-likeness (QED) is 0.229. The van der Waals surface area contributed by atoms with Crippen LogP contribution in [0.15, 0.2) is 40.9 Å². The maximum atomic E-state index is 15.1. The highest BCUT2D eigenvalue weighted by Crippen LogP contribution is 2.38. The number of esters is 1. The number of carbonyl (C=O) groups excluding carboxylic acids is 1. The van der Waals surface area contributed by atoms with Crippen molar-refractivity contribution in [2.45, 2.75) is 38.5 Å². The summed E-state index contributed by atoms with van der Waals surface area (Å²) in [5.74, 6) is -1.46. The first-order valence-corrected chi connectivity index (χ1v) is 10.9. The fourth-order valence-corrected chi connectivity index (χ4v) is 3.68. The molecular formula is C23H26BrF4NO4. The van der Waals surface area contributed by atoms with Gasteiger partial charge < -0.3 is 14.2 Å². The molecule has 0 aliphatic carbocycles. The first-order valence-electron chi connectivity index (χ1n) is 10.1. The molecule has 0 aliphatic rings. The van der Waals surface area contributed by atoms with Gasteiger partial charge >= 0.3 is 12.1 Å². The lowest BCUT2D eigenvalue weighted by atomic mass is 9.97. The molecule has 0 saturated carbocycles. The number of hydrogen-bond acceptors (Lipinski definition) is 5. The zero-order valence-electron chi connectivity index (χ0n) is 18.6. The highest BCUT2D eigenvalue weighted by molar-refractivity contribution is 9.10. The third kappa shape index (κ3) is 7.41. The molecule has 2 aromatic carbocycles. The Morgan fingerprint density at radius 3 is 2.33 bits per heavy atom. The molecule has 0 saturated heterocycles. The fourth-order valence-electron chi connectivity index (χ4n) is 3.32. The van der Waals surface area contributed by atoms with E-state index in [0.717, 1.165) is 13.2 Å². The maximum Gasteiger partial charge on any atom is 0.407 e. The van der Waals surface area contributed by atoms with E-state index < -0.39 is 30.0 Å². The van der Waals surface area contributed by atoms with Crippen molar-refractivity contribution in [3.63, 3.8) is 0 Å². The van der Waals surface area contributed by atoms with Crippen LogP contribution in [-0.2, 0) is 14.3 Å². The standard InChI is InChI=1S/C23H26BrF4NO4/c1-13(2)9-19(22(30)32-4)29-21(23(26,27)28)14-5-7-16(18(25)10-14)17-11-15(24)6-8-20(17)33-12-31-3/h5-8,10-11,13,19,21,29H,9,12H2,1-4H3/t19-,21?/m0/s1. The van der Waals surface area contributed by atoms with E-state index in [9.17, 15) is 18.0 Å². The minimum atomic E-state index is -4.78. The van der Waals surface area contributed by atoms with E-state index in [-0.39, 0.29) is 30.3 Å². The van der Waals surface area contributed by atoms with Crippen molar-refractivity contribution in [3.8, 4) is 16.9 Å². The van der Waals surface area contributed by atoms with E-state index >= 15 is 4.39 Å². The SMILES string of the molecule is COCOc1ccc(Br)cc1-c1ccc(C(N[C@@H](CC(C)C)C(=O)OC)C(F)(F)F)cc1F. The molecule has 0 aliphatic heterocycles. The van der Waals surface area contributed by atoms with Crippen LogP contribution in [0.5, 0.6) is 5.75 Å². The lowest BCUT2D eigenvalue weighted by Crippen LogP contribution is -2.45. The summed E-state index contributed by atoms with van der Waals surface area (Å²) in [6.07, 6.45) is -4.65. The molecular weight excluding hydrogens is 510 g/mol. The van der Waals surface area contributed by atoms with Crippen LogP contribution in [0.4, 0.5) is 17.6 Å². The number of ether oxygens (including phenoxy) is 3. The van der Waals surface area contributed by atoms with Crippen molar-refractivity contribution in [2.75, 3.05) is 21.0 Å². The molecule has 1 N–H and O–H groups in total. The lowest BCUT2D eigenvalue weighted by Gasteiger charge is -2.27. The maximum absolute atomic E-state index is 15.1. The highest BCUT2D eigenvalue weighted by atomic mass is 79.9. The Morgan fingerprint density at radius 1 is 1.09 bits per heavy atom. The predicted molar refractivity (Wildman–Crippen MR) is 119 cm³/mol. The largest absolute Gasteiger partial charge is 0.468 e. The molecule has 0 radical (unpaired) electrons. The molecule has 2 rings (SSSR count). The van der Waals surface area contributed by atoms with Gasteiger partial charge in [0.2, 0.25) is 0 Å². The van der Waals surface area contributed by atoms with Crippen molar-refractivity contribution < 1.29 is 36.6 Å². The van der Waals surface area contributed by atoms with Crippen molar-refractivity contribution in [2.24, 2.45) is 5.92 Å². The van der Waals surface area contributed by atoms with Gasteiger partial charge in [-0.15, -0.1) is 0 Å². The summed E-state index contributed by atoms with van der Waals surface area (Å²) in [5.41, 5.74) is 0.0313.